The van der Waals surface area contributed by atoms with Crippen molar-refractivity contribution in [3.63, 3.8) is 0 Å². The zero-order valence-electron chi connectivity index (χ0n) is 9.46. The molecule has 0 aromatic rings. The summed E-state index contributed by atoms with van der Waals surface area (Å²) in [5.74, 6) is -0.406. The number of nitrogens with two attached hydrogens (primary N) is 1. The van der Waals surface area contributed by atoms with Crippen LogP contribution in [0.1, 0.15) is 33.6 Å². The van der Waals surface area contributed by atoms with Gasteiger partial charge in [-0.15, -0.1) is 0 Å². The van der Waals surface area contributed by atoms with E-state index in [0.29, 0.717) is 12.8 Å². The van der Waals surface area contributed by atoms with E-state index in [-0.39, 0.29) is 17.9 Å². The fourth-order valence-corrected chi connectivity index (χ4v) is 1.18. The van der Waals surface area contributed by atoms with Crippen LogP contribution in [0.4, 0.5) is 0 Å². The molecule has 0 spiro atoms. The van der Waals surface area contributed by atoms with Gasteiger partial charge < -0.3 is 16.4 Å². The number of nitrogens with one attached hydrogen (secondary N) is 2. The highest BCUT2D eigenvalue weighted by molar-refractivity contribution is 5.93. The Hall–Kier alpha value is -1.10. The Balaban J connectivity index is 2.38. The van der Waals surface area contributed by atoms with Gasteiger partial charge in [-0.1, -0.05) is 0 Å². The second-order valence-corrected chi connectivity index (χ2v) is 4.51. The fraction of sp³-hybridized carbons (Fsp3) is 0.800. The first-order valence-electron chi connectivity index (χ1n) is 5.25. The molecule has 0 saturated heterocycles. The third kappa shape index (κ3) is 3.20. The standard InChI is InChI=1S/C10H19N3O2/c1-6(2)12-8(14)7(3)13-9(15)10(11)4-5-10/h6-7H,4-5,11H2,1-3H3,(H,12,14)(H,13,15). The van der Waals surface area contributed by atoms with Crippen molar-refractivity contribution < 1.29 is 9.59 Å². The Labute approximate surface area is 89.8 Å². The van der Waals surface area contributed by atoms with Crippen LogP contribution in [-0.2, 0) is 9.59 Å². The van der Waals surface area contributed by atoms with Crippen molar-refractivity contribution in [1.29, 1.82) is 0 Å². The molecule has 1 atom stereocenters. The van der Waals surface area contributed by atoms with Crippen molar-refractivity contribution in [2.24, 2.45) is 5.73 Å². The van der Waals surface area contributed by atoms with E-state index < -0.39 is 11.6 Å². The van der Waals surface area contributed by atoms with Crippen LogP contribution < -0.4 is 16.4 Å². The van der Waals surface area contributed by atoms with E-state index >= 15 is 0 Å². The monoisotopic (exact) mass is 213 g/mol. The van der Waals surface area contributed by atoms with Crippen molar-refractivity contribution in [1.82, 2.24) is 10.6 Å². The van der Waals surface area contributed by atoms with E-state index in [9.17, 15) is 9.59 Å². The topological polar surface area (TPSA) is 84.2 Å². The fourth-order valence-electron chi connectivity index (χ4n) is 1.18. The minimum absolute atomic E-state index is 0.0737. The minimum atomic E-state index is -0.716. The van der Waals surface area contributed by atoms with E-state index in [1.807, 2.05) is 13.8 Å². The molecule has 0 aliphatic heterocycles. The molecular formula is C10H19N3O2. The van der Waals surface area contributed by atoms with E-state index in [4.69, 9.17) is 5.73 Å². The van der Waals surface area contributed by atoms with Crippen LogP contribution in [0.15, 0.2) is 0 Å². The number of hydrogen-bond donors (Lipinski definition) is 3. The first kappa shape index (κ1) is 12.0. The van der Waals surface area contributed by atoms with Crippen molar-refractivity contribution in [3.8, 4) is 0 Å². The van der Waals surface area contributed by atoms with Crippen LogP contribution >= 0.6 is 0 Å². The predicted molar refractivity (Wildman–Crippen MR) is 57.0 cm³/mol. The van der Waals surface area contributed by atoms with Crippen LogP contribution in [0.5, 0.6) is 0 Å². The molecule has 1 aliphatic rings. The SMILES string of the molecule is CC(C)NC(=O)C(C)NC(=O)C1(N)CC1. The van der Waals surface area contributed by atoms with Crippen molar-refractivity contribution in [3.05, 3.63) is 0 Å². The minimum Gasteiger partial charge on any atom is -0.352 e. The number of amides is 2. The molecule has 5 heteroatoms. The Morgan fingerprint density at radius 3 is 2.13 bits per heavy atom. The van der Waals surface area contributed by atoms with Crippen LogP contribution in [-0.4, -0.2) is 29.4 Å². The number of carbonyl (C=O) groups excluding carboxylic acids is 2. The van der Waals surface area contributed by atoms with Gasteiger partial charge in [0.15, 0.2) is 0 Å². The van der Waals surface area contributed by atoms with Gasteiger partial charge in [-0.3, -0.25) is 9.59 Å². The average Bonchev–Trinajstić information content (AvgIpc) is 2.83. The van der Waals surface area contributed by atoms with Gasteiger partial charge in [0.1, 0.15) is 6.04 Å². The molecular weight excluding hydrogens is 194 g/mol. The molecule has 0 aromatic carbocycles. The smallest absolute Gasteiger partial charge is 0.242 e. The molecule has 15 heavy (non-hydrogen) atoms. The maximum absolute atomic E-state index is 11.5. The summed E-state index contributed by atoms with van der Waals surface area (Å²) in [5.41, 5.74) is 4.98. The molecule has 5 nitrogen and oxygen atoms in total. The third-order valence-electron chi connectivity index (χ3n) is 2.41. The summed E-state index contributed by atoms with van der Waals surface area (Å²) < 4.78 is 0. The normalized spacial score (nSPS) is 19.5. The van der Waals surface area contributed by atoms with Crippen LogP contribution in [0, 0.1) is 0 Å². The number of hydrogen-bond acceptors (Lipinski definition) is 3. The van der Waals surface area contributed by atoms with Crippen LogP contribution in [0.3, 0.4) is 0 Å². The molecule has 1 aliphatic carbocycles. The summed E-state index contributed by atoms with van der Waals surface area (Å²) in [6, 6.07) is -0.453. The quantitative estimate of drug-likeness (QED) is 0.589. The molecule has 0 radical (unpaired) electrons. The van der Waals surface area contributed by atoms with E-state index in [2.05, 4.69) is 10.6 Å². The molecule has 1 rings (SSSR count). The zero-order valence-corrected chi connectivity index (χ0v) is 9.46. The summed E-state index contributed by atoms with van der Waals surface area (Å²) in [6.45, 7) is 5.40. The summed E-state index contributed by atoms with van der Waals surface area (Å²) >= 11 is 0. The molecule has 1 unspecified atom stereocenters. The van der Waals surface area contributed by atoms with Gasteiger partial charge in [-0.2, -0.15) is 0 Å². The van der Waals surface area contributed by atoms with Gasteiger partial charge in [-0.25, -0.2) is 0 Å². The van der Waals surface area contributed by atoms with Crippen molar-refractivity contribution >= 4 is 11.8 Å². The lowest BCUT2D eigenvalue weighted by molar-refractivity contribution is -0.129. The molecule has 2 amide bonds. The van der Waals surface area contributed by atoms with Gasteiger partial charge >= 0.3 is 0 Å². The Kier molecular flexibility index (Phi) is 3.34. The van der Waals surface area contributed by atoms with Gasteiger partial charge in [0.05, 0.1) is 5.54 Å². The van der Waals surface area contributed by atoms with Gasteiger partial charge in [0, 0.05) is 6.04 Å². The molecule has 0 heterocycles. The zero-order chi connectivity index (χ0) is 11.6. The Morgan fingerprint density at radius 1 is 1.20 bits per heavy atom. The second-order valence-electron chi connectivity index (χ2n) is 4.51. The molecule has 1 saturated carbocycles. The maximum atomic E-state index is 11.5. The highest BCUT2D eigenvalue weighted by atomic mass is 16.2. The molecule has 86 valence electrons. The maximum Gasteiger partial charge on any atom is 0.242 e. The highest BCUT2D eigenvalue weighted by Gasteiger charge is 2.46. The van der Waals surface area contributed by atoms with E-state index in [0.717, 1.165) is 0 Å². The first-order chi connectivity index (χ1) is 6.85. The van der Waals surface area contributed by atoms with Gasteiger partial charge in [-0.05, 0) is 33.6 Å². The Morgan fingerprint density at radius 2 is 1.73 bits per heavy atom. The van der Waals surface area contributed by atoms with Crippen molar-refractivity contribution in [2.45, 2.75) is 51.2 Å². The highest BCUT2D eigenvalue weighted by Crippen LogP contribution is 2.32. The van der Waals surface area contributed by atoms with E-state index in [1.54, 1.807) is 6.92 Å². The van der Waals surface area contributed by atoms with Crippen LogP contribution in [0.2, 0.25) is 0 Å². The van der Waals surface area contributed by atoms with Gasteiger partial charge in [0.25, 0.3) is 0 Å². The number of rotatable bonds is 4. The van der Waals surface area contributed by atoms with Crippen molar-refractivity contribution in [2.75, 3.05) is 0 Å². The predicted octanol–water partition coefficient (Wildman–Crippen LogP) is -0.493. The molecule has 0 bridgehead atoms. The Bertz CT molecular complexity index is 272. The molecule has 1 fully saturated rings. The summed E-state index contributed by atoms with van der Waals surface area (Å²) in [6.07, 6.45) is 1.41. The summed E-state index contributed by atoms with van der Waals surface area (Å²) in [5, 5.41) is 5.34. The summed E-state index contributed by atoms with van der Waals surface area (Å²) in [4.78, 5) is 23.0. The first-order valence-corrected chi connectivity index (χ1v) is 5.25. The average molecular weight is 213 g/mol. The molecule has 4 N–H and O–H groups in total. The molecule has 0 aromatic heterocycles. The largest absolute Gasteiger partial charge is 0.352 e. The third-order valence-corrected chi connectivity index (χ3v) is 2.41. The van der Waals surface area contributed by atoms with Crippen LogP contribution in [0.25, 0.3) is 0 Å². The lowest BCUT2D eigenvalue weighted by Gasteiger charge is -2.18. The van der Waals surface area contributed by atoms with Gasteiger partial charge in [0.2, 0.25) is 11.8 Å². The lowest BCUT2D eigenvalue weighted by Crippen LogP contribution is -2.52. The lowest BCUT2D eigenvalue weighted by atomic mass is 10.2. The number of carbonyl (C=O) groups is 2. The second kappa shape index (κ2) is 4.18. The summed E-state index contributed by atoms with van der Waals surface area (Å²) in [7, 11) is 0. The van der Waals surface area contributed by atoms with E-state index in [1.165, 1.54) is 0 Å².